The number of hydrogen-bond donors (Lipinski definition) is 0. The Morgan fingerprint density at radius 1 is 0.347 bits per heavy atom. The van der Waals surface area contributed by atoms with Crippen molar-refractivity contribution in [3.05, 3.63) is 124 Å². The van der Waals surface area contributed by atoms with Gasteiger partial charge in [-0.25, -0.2) is 14.4 Å². The number of rotatable bonds is 44. The van der Waals surface area contributed by atoms with Crippen LogP contribution >= 0.6 is 0 Å². The molecule has 0 spiro atoms. The minimum absolute atomic E-state index is 0.0822. The highest BCUT2D eigenvalue weighted by molar-refractivity contribution is 5.88. The Kier molecular flexibility index (Phi) is 36.9. The van der Waals surface area contributed by atoms with E-state index in [1.807, 2.05) is 0 Å². The molecular weight excluding hydrogens is 943 g/mol. The molecule has 0 N–H and O–H groups in total. The van der Waals surface area contributed by atoms with Gasteiger partial charge >= 0.3 is 17.9 Å². The molecule has 75 heavy (non-hydrogen) atoms. The largest absolute Gasteiger partial charge is 0.463 e. The van der Waals surface area contributed by atoms with E-state index in [9.17, 15) is 14.4 Å². The van der Waals surface area contributed by atoms with E-state index >= 15 is 0 Å². The van der Waals surface area contributed by atoms with Gasteiger partial charge in [0.15, 0.2) is 0 Å². The second-order valence-corrected chi connectivity index (χ2v) is 18.8. The summed E-state index contributed by atoms with van der Waals surface area (Å²) in [6.45, 7) is 4.47. The molecule has 0 aliphatic heterocycles. The number of nitriles is 3. The highest BCUT2D eigenvalue weighted by Gasteiger charge is 2.11. The summed E-state index contributed by atoms with van der Waals surface area (Å²) in [6.07, 6.45) is 35.4. The lowest BCUT2D eigenvalue weighted by atomic mass is 10.1. The number of hydrogen-bond acceptors (Lipinski definition) is 12. The first-order valence-electron chi connectivity index (χ1n) is 27.7. The lowest BCUT2D eigenvalue weighted by Gasteiger charge is -2.18. The average molecular weight is 1030 g/mol. The van der Waals surface area contributed by atoms with Crippen molar-refractivity contribution in [1.82, 2.24) is 0 Å². The SMILES string of the molecule is N#Cc1ccc(C=CC(=O)OCCCCCCCCCCOCC(COCCCCCCCCCCOC(=O)C=Cc2ccc(C#N)cc2)OCCCCCCCCCCOC(=O)C=Cc2ccc(C#N)cc2)cc1. The van der Waals surface area contributed by atoms with E-state index in [0.29, 0.717) is 69.5 Å². The predicted molar refractivity (Wildman–Crippen MR) is 296 cm³/mol. The summed E-state index contributed by atoms with van der Waals surface area (Å²) in [5.41, 5.74) is 4.31. The first kappa shape index (κ1) is 62.9. The number of unbranched alkanes of at least 4 members (excludes halogenated alkanes) is 21. The standard InChI is InChI=1S/C63H83N3O9/c64-49-57-31-25-54(26-32-57)37-40-61(67)73-46-22-16-10-3-1-7-13-19-43-70-52-60(72-45-21-15-9-5-6-12-18-24-48-75-63(69)42-39-56-29-35-59(51-66)36-30-56)53-71-44-20-14-8-2-4-11-17-23-47-74-62(68)41-38-55-27-33-58(50-65)34-28-55/h25-42,60H,1-24,43-48,52-53H2. The summed E-state index contributed by atoms with van der Waals surface area (Å²) in [6, 6.07) is 27.4. The van der Waals surface area contributed by atoms with Crippen LogP contribution in [0, 0.1) is 34.0 Å². The molecule has 3 aromatic carbocycles. The van der Waals surface area contributed by atoms with Crippen LogP contribution in [0.3, 0.4) is 0 Å². The van der Waals surface area contributed by atoms with E-state index in [2.05, 4.69) is 18.2 Å². The highest BCUT2D eigenvalue weighted by Crippen LogP contribution is 2.14. The van der Waals surface area contributed by atoms with Crippen LogP contribution in [0.4, 0.5) is 0 Å². The van der Waals surface area contributed by atoms with Gasteiger partial charge < -0.3 is 28.4 Å². The predicted octanol–water partition coefficient (Wildman–Crippen LogP) is 14.2. The summed E-state index contributed by atoms with van der Waals surface area (Å²) < 4.78 is 34.5. The molecule has 0 atom stereocenters. The first-order chi connectivity index (χ1) is 36.9. The number of carbonyl (C=O) groups is 3. The molecular formula is C63H83N3O9. The van der Waals surface area contributed by atoms with Crippen molar-refractivity contribution < 1.29 is 42.8 Å². The van der Waals surface area contributed by atoms with E-state index in [-0.39, 0.29) is 24.0 Å². The number of nitrogens with zero attached hydrogens (tertiary/aromatic N) is 3. The fourth-order valence-corrected chi connectivity index (χ4v) is 7.98. The van der Waals surface area contributed by atoms with Gasteiger partial charge in [-0.05, 0) is 110 Å². The molecule has 0 radical (unpaired) electrons. The van der Waals surface area contributed by atoms with Gasteiger partial charge in [-0.15, -0.1) is 0 Å². The van der Waals surface area contributed by atoms with Crippen LogP contribution in [0.25, 0.3) is 18.2 Å². The second kappa shape index (κ2) is 44.0. The molecule has 0 aliphatic rings. The zero-order valence-corrected chi connectivity index (χ0v) is 44.6. The molecule has 0 heterocycles. The average Bonchev–Trinajstić information content (AvgIpc) is 3.44. The molecule has 12 nitrogen and oxygen atoms in total. The summed E-state index contributed by atoms with van der Waals surface area (Å²) in [5.74, 6) is -1.04. The topological polar surface area (TPSA) is 178 Å². The smallest absolute Gasteiger partial charge is 0.330 e. The first-order valence-corrected chi connectivity index (χ1v) is 27.7. The van der Waals surface area contributed by atoms with Crippen molar-refractivity contribution >= 4 is 36.1 Å². The number of carbonyl (C=O) groups excluding carboxylic acids is 3. The van der Waals surface area contributed by atoms with E-state index in [4.69, 9.17) is 44.2 Å². The highest BCUT2D eigenvalue weighted by atomic mass is 16.6. The van der Waals surface area contributed by atoms with Crippen molar-refractivity contribution in [3.63, 3.8) is 0 Å². The molecule has 0 fully saturated rings. The van der Waals surface area contributed by atoms with E-state index in [1.165, 1.54) is 76.0 Å². The second-order valence-electron chi connectivity index (χ2n) is 18.8. The maximum atomic E-state index is 12.0. The monoisotopic (exact) mass is 1030 g/mol. The van der Waals surface area contributed by atoms with E-state index in [0.717, 1.165) is 113 Å². The Labute approximate surface area is 448 Å². The molecule has 0 aliphatic carbocycles. The fourth-order valence-electron chi connectivity index (χ4n) is 7.98. The van der Waals surface area contributed by atoms with Crippen LogP contribution in [0.1, 0.15) is 187 Å². The third-order valence-electron chi connectivity index (χ3n) is 12.5. The summed E-state index contributed by atoms with van der Waals surface area (Å²) in [4.78, 5) is 36.1. The number of esters is 3. The molecule has 0 saturated carbocycles. The van der Waals surface area contributed by atoms with Crippen molar-refractivity contribution in [1.29, 1.82) is 15.8 Å². The zero-order chi connectivity index (χ0) is 53.5. The molecule has 3 aromatic rings. The van der Waals surface area contributed by atoms with Gasteiger partial charge in [0.1, 0.15) is 6.10 Å². The summed E-state index contributed by atoms with van der Waals surface area (Å²) in [7, 11) is 0. The quantitative estimate of drug-likeness (QED) is 0.0227. The Morgan fingerprint density at radius 3 is 0.853 bits per heavy atom. The Bertz CT molecular complexity index is 2090. The molecule has 3 rings (SSSR count). The Morgan fingerprint density at radius 2 is 0.587 bits per heavy atom. The third-order valence-corrected chi connectivity index (χ3v) is 12.5. The third kappa shape index (κ3) is 34.7. The molecule has 0 unspecified atom stereocenters. The lowest BCUT2D eigenvalue weighted by Crippen LogP contribution is -2.26. The van der Waals surface area contributed by atoms with Crippen LogP contribution in [0.2, 0.25) is 0 Å². The van der Waals surface area contributed by atoms with Gasteiger partial charge in [0.2, 0.25) is 0 Å². The van der Waals surface area contributed by atoms with E-state index in [1.54, 1.807) is 91.0 Å². The number of ether oxygens (including phenoxy) is 6. The van der Waals surface area contributed by atoms with Crippen LogP contribution in [0.5, 0.6) is 0 Å². The fraction of sp³-hybridized carbons (Fsp3) is 0.524. The minimum Gasteiger partial charge on any atom is -0.463 e. The molecule has 12 heteroatoms. The molecule has 0 bridgehead atoms. The van der Waals surface area contributed by atoms with Crippen molar-refractivity contribution in [2.45, 2.75) is 160 Å². The molecule has 0 amide bonds. The van der Waals surface area contributed by atoms with Gasteiger partial charge in [-0.3, -0.25) is 0 Å². The minimum atomic E-state index is -0.349. The van der Waals surface area contributed by atoms with Gasteiger partial charge in [0.05, 0.1) is 67.9 Å². The lowest BCUT2D eigenvalue weighted by molar-refractivity contribution is -0.138. The summed E-state index contributed by atoms with van der Waals surface area (Å²) >= 11 is 0. The van der Waals surface area contributed by atoms with Crippen molar-refractivity contribution in [2.24, 2.45) is 0 Å². The number of benzene rings is 3. The van der Waals surface area contributed by atoms with E-state index < -0.39 is 0 Å². The van der Waals surface area contributed by atoms with Crippen LogP contribution in [-0.2, 0) is 42.8 Å². The molecule has 0 saturated heterocycles. The van der Waals surface area contributed by atoms with Gasteiger partial charge in [-0.2, -0.15) is 15.8 Å². The normalized spacial score (nSPS) is 11.6. The summed E-state index contributed by atoms with van der Waals surface area (Å²) in [5, 5.41) is 26.7. The van der Waals surface area contributed by atoms with Crippen molar-refractivity contribution in [2.75, 3.05) is 52.9 Å². The molecule has 404 valence electrons. The maximum absolute atomic E-state index is 12.0. The Balaban J connectivity index is 1.19. The zero-order valence-electron chi connectivity index (χ0n) is 44.6. The Hall–Kier alpha value is -6.36. The molecule has 0 aromatic heterocycles. The van der Waals surface area contributed by atoms with Crippen LogP contribution < -0.4 is 0 Å². The van der Waals surface area contributed by atoms with Crippen molar-refractivity contribution in [3.8, 4) is 18.2 Å². The van der Waals surface area contributed by atoms with Gasteiger partial charge in [-0.1, -0.05) is 152 Å². The van der Waals surface area contributed by atoms with Gasteiger partial charge in [0.25, 0.3) is 0 Å². The maximum Gasteiger partial charge on any atom is 0.330 e. The van der Waals surface area contributed by atoms with Crippen LogP contribution in [0.15, 0.2) is 91.0 Å². The van der Waals surface area contributed by atoms with Crippen LogP contribution in [-0.4, -0.2) is 76.9 Å². The van der Waals surface area contributed by atoms with Gasteiger partial charge in [0, 0.05) is 38.0 Å².